The summed E-state index contributed by atoms with van der Waals surface area (Å²) in [6.45, 7) is 9.39. The van der Waals surface area contributed by atoms with E-state index >= 15 is 0 Å². The number of hydrogen-bond donors (Lipinski definition) is 2. The molecule has 28 heavy (non-hydrogen) atoms. The molecule has 1 saturated heterocycles. The van der Waals surface area contributed by atoms with Gasteiger partial charge in [0.2, 0.25) is 0 Å². The number of hydrogen-bond acceptors (Lipinski definition) is 4. The second-order valence-electron chi connectivity index (χ2n) is 6.03. The molecule has 5 heteroatoms. The maximum Gasteiger partial charge on any atom is 0.103 e. The third-order valence-corrected chi connectivity index (χ3v) is 4.17. The minimum absolute atomic E-state index is 0.460. The van der Waals surface area contributed by atoms with Crippen molar-refractivity contribution in [2.24, 2.45) is 5.73 Å². The van der Waals surface area contributed by atoms with E-state index in [4.69, 9.17) is 5.41 Å². The van der Waals surface area contributed by atoms with E-state index in [1.807, 2.05) is 32.0 Å². The molecular weight excluding hydrogens is 351 g/mol. The van der Waals surface area contributed by atoms with Crippen LogP contribution >= 0.6 is 0 Å². The Morgan fingerprint density at radius 1 is 1.14 bits per heavy atom. The molecule has 156 valence electrons. The first-order valence-electron chi connectivity index (χ1n) is 10.1. The lowest BCUT2D eigenvalue weighted by Crippen LogP contribution is -2.34. The third kappa shape index (κ3) is 9.60. The Bertz CT molecular complexity index is 638. The van der Waals surface area contributed by atoms with Crippen LogP contribution in [0.2, 0.25) is 0 Å². The van der Waals surface area contributed by atoms with Crippen molar-refractivity contribution >= 4 is 11.4 Å². The third-order valence-electron chi connectivity index (χ3n) is 4.17. The second-order valence-corrected chi connectivity index (χ2v) is 6.03. The molecule has 1 fully saturated rings. The van der Waals surface area contributed by atoms with E-state index < -0.39 is 6.17 Å². The molecule has 0 unspecified atom stereocenters. The molecule has 2 heterocycles. The van der Waals surface area contributed by atoms with Crippen LogP contribution in [0.3, 0.4) is 0 Å². The van der Waals surface area contributed by atoms with Crippen LogP contribution in [0.5, 0.6) is 0 Å². The Kier molecular flexibility index (Phi) is 14.5. The van der Waals surface area contributed by atoms with E-state index in [0.29, 0.717) is 24.2 Å². The normalized spacial score (nSPS) is 13.0. The lowest BCUT2D eigenvalue weighted by atomic mass is 10.1. The van der Waals surface area contributed by atoms with E-state index in [-0.39, 0.29) is 0 Å². The highest BCUT2D eigenvalue weighted by atomic mass is 19.1. The summed E-state index contributed by atoms with van der Waals surface area (Å²) in [5, 5.41) is 7.54. The first-order chi connectivity index (χ1) is 13.6. The summed E-state index contributed by atoms with van der Waals surface area (Å²) in [6, 6.07) is 14.3. The van der Waals surface area contributed by atoms with Crippen molar-refractivity contribution < 1.29 is 4.39 Å². The van der Waals surface area contributed by atoms with Crippen molar-refractivity contribution in [1.29, 1.82) is 5.41 Å². The monoisotopic (exact) mass is 388 g/mol. The number of pyridine rings is 1. The number of nitrogens with two attached hydrogens (primary N) is 1. The van der Waals surface area contributed by atoms with Gasteiger partial charge in [0.05, 0.1) is 11.4 Å². The topological polar surface area (TPSA) is 66.0 Å². The smallest absolute Gasteiger partial charge is 0.103 e. The molecule has 3 N–H and O–H groups in total. The minimum Gasteiger partial charge on any atom is -0.371 e. The molecule has 3 rings (SSSR count). The second kappa shape index (κ2) is 15.8. The van der Waals surface area contributed by atoms with Gasteiger partial charge in [0.25, 0.3) is 0 Å². The molecule has 0 saturated carbocycles. The number of aromatic nitrogens is 1. The van der Waals surface area contributed by atoms with E-state index in [1.54, 1.807) is 13.1 Å². The first-order valence-corrected chi connectivity index (χ1v) is 10.1. The van der Waals surface area contributed by atoms with E-state index in [9.17, 15) is 4.39 Å². The van der Waals surface area contributed by atoms with Crippen molar-refractivity contribution in [3.63, 3.8) is 0 Å². The fourth-order valence-corrected chi connectivity index (χ4v) is 2.64. The van der Waals surface area contributed by atoms with Crippen LogP contribution in [0.1, 0.15) is 51.8 Å². The summed E-state index contributed by atoms with van der Waals surface area (Å²) < 4.78 is 13.0. The van der Waals surface area contributed by atoms with Gasteiger partial charge >= 0.3 is 0 Å². The summed E-state index contributed by atoms with van der Waals surface area (Å²) in [4.78, 5) is 6.28. The fraction of sp³-hybridized carbons (Fsp3) is 0.478. The predicted octanol–water partition coefficient (Wildman–Crippen LogP) is 5.26. The summed E-state index contributed by atoms with van der Waals surface area (Å²) in [7, 11) is 1.50. The fourth-order valence-electron chi connectivity index (χ4n) is 2.64. The maximum absolute atomic E-state index is 13.0. The highest BCUT2D eigenvalue weighted by molar-refractivity contribution is 5.95. The number of rotatable bonds is 3. The number of anilines is 1. The maximum atomic E-state index is 13.0. The lowest BCUT2D eigenvalue weighted by Gasteiger charge is -2.30. The van der Waals surface area contributed by atoms with Gasteiger partial charge in [0, 0.05) is 25.0 Å². The molecule has 0 bridgehead atoms. The van der Waals surface area contributed by atoms with Gasteiger partial charge < -0.3 is 16.0 Å². The number of nitrogens with zero attached hydrogens (tertiary/aromatic N) is 2. The Labute approximate surface area is 170 Å². The van der Waals surface area contributed by atoms with Crippen molar-refractivity contribution in [2.75, 3.05) is 25.0 Å². The summed E-state index contributed by atoms with van der Waals surface area (Å²) in [6.07, 6.45) is 3.40. The molecule has 0 atom stereocenters. The summed E-state index contributed by atoms with van der Waals surface area (Å²) in [5.74, 6) is 0. The Morgan fingerprint density at radius 2 is 1.71 bits per heavy atom. The van der Waals surface area contributed by atoms with Crippen molar-refractivity contribution in [2.45, 2.75) is 53.1 Å². The van der Waals surface area contributed by atoms with Gasteiger partial charge in [-0.25, -0.2) is 4.39 Å². The van der Waals surface area contributed by atoms with Gasteiger partial charge in [-0.05, 0) is 50.9 Å². The van der Waals surface area contributed by atoms with Crippen LogP contribution in [0.4, 0.5) is 10.1 Å². The van der Waals surface area contributed by atoms with E-state index in [1.165, 1.54) is 12.6 Å². The van der Waals surface area contributed by atoms with Crippen LogP contribution in [0.15, 0.2) is 48.7 Å². The first kappa shape index (κ1) is 25.7. The van der Waals surface area contributed by atoms with Crippen LogP contribution in [0, 0.1) is 5.41 Å². The molecule has 0 spiro atoms. The zero-order valence-electron chi connectivity index (χ0n) is 18.1. The molecular formula is C23H37FN4. The zero-order valence-corrected chi connectivity index (χ0v) is 18.1. The molecule has 0 amide bonds. The Hall–Kier alpha value is -2.27. The Balaban J connectivity index is 0.000000511. The Morgan fingerprint density at radius 3 is 2.18 bits per heavy atom. The standard InChI is InChI=1S/C12H16FN3.C8H10.C2H6.CH5N/c1-9(14)12-8-11(2-5-15-12)16-6-3-10(13)4-7-16;1-2-8-6-4-3-5-7-8;2*1-2/h2,5,8,10,14H,3-4,6-7H2,1H3;3-7H,2H2,1H3;1-2H3;2H2,1H3. The lowest BCUT2D eigenvalue weighted by molar-refractivity contribution is 0.277. The highest BCUT2D eigenvalue weighted by Crippen LogP contribution is 2.21. The number of alkyl halides is 1. The molecule has 2 aromatic rings. The molecule has 0 aliphatic carbocycles. The largest absolute Gasteiger partial charge is 0.371 e. The van der Waals surface area contributed by atoms with Gasteiger partial charge in [-0.2, -0.15) is 0 Å². The molecule has 1 aliphatic heterocycles. The quantitative estimate of drug-likeness (QED) is 0.705. The van der Waals surface area contributed by atoms with Crippen LogP contribution in [0.25, 0.3) is 0 Å². The number of piperidine rings is 1. The number of benzene rings is 1. The summed E-state index contributed by atoms with van der Waals surface area (Å²) >= 11 is 0. The molecule has 4 nitrogen and oxygen atoms in total. The molecule has 0 radical (unpaired) electrons. The number of nitrogens with one attached hydrogen (secondary N) is 1. The zero-order chi connectivity index (χ0) is 21.4. The van der Waals surface area contributed by atoms with Gasteiger partial charge in [-0.3, -0.25) is 4.98 Å². The molecule has 1 aliphatic rings. The minimum atomic E-state index is -0.651. The van der Waals surface area contributed by atoms with E-state index in [2.05, 4.69) is 46.8 Å². The summed E-state index contributed by atoms with van der Waals surface area (Å²) in [5.41, 5.74) is 8.11. The van der Waals surface area contributed by atoms with Crippen molar-refractivity contribution in [3.8, 4) is 0 Å². The van der Waals surface area contributed by atoms with Crippen LogP contribution in [-0.2, 0) is 6.42 Å². The highest BCUT2D eigenvalue weighted by Gasteiger charge is 2.18. The SMILES string of the molecule is CC.CC(=N)c1cc(N2CCC(F)CC2)ccn1.CCc1ccccc1.CN. The van der Waals surface area contributed by atoms with Gasteiger partial charge in [-0.1, -0.05) is 51.1 Å². The van der Waals surface area contributed by atoms with Gasteiger partial charge in [0.1, 0.15) is 6.17 Å². The number of aryl methyl sites for hydroxylation is 1. The van der Waals surface area contributed by atoms with Crippen molar-refractivity contribution in [3.05, 3.63) is 59.9 Å². The number of halogens is 1. The molecule has 1 aromatic carbocycles. The average molecular weight is 389 g/mol. The predicted molar refractivity (Wildman–Crippen MR) is 120 cm³/mol. The van der Waals surface area contributed by atoms with Crippen LogP contribution < -0.4 is 10.6 Å². The van der Waals surface area contributed by atoms with Gasteiger partial charge in [-0.15, -0.1) is 0 Å². The van der Waals surface area contributed by atoms with Crippen molar-refractivity contribution in [1.82, 2.24) is 4.98 Å². The van der Waals surface area contributed by atoms with E-state index in [0.717, 1.165) is 25.2 Å². The molecule has 1 aromatic heterocycles. The van der Waals surface area contributed by atoms with Gasteiger partial charge in [0.15, 0.2) is 0 Å². The van der Waals surface area contributed by atoms with Crippen LogP contribution in [-0.4, -0.2) is 37.0 Å². The average Bonchev–Trinajstić information content (AvgIpc) is 2.78.